The van der Waals surface area contributed by atoms with Crippen molar-refractivity contribution in [1.29, 1.82) is 0 Å². The summed E-state index contributed by atoms with van der Waals surface area (Å²) in [5.74, 6) is 0.187. The Bertz CT molecular complexity index is 565. The van der Waals surface area contributed by atoms with E-state index in [0.29, 0.717) is 23.7 Å². The molecule has 1 aromatic heterocycles. The summed E-state index contributed by atoms with van der Waals surface area (Å²) in [7, 11) is 1.36. The zero-order chi connectivity index (χ0) is 13.7. The highest BCUT2D eigenvalue weighted by Gasteiger charge is 2.14. The molecule has 0 aliphatic rings. The molecule has 0 amide bonds. The molecule has 0 N–H and O–H groups in total. The Kier molecular flexibility index (Phi) is 4.82. The third-order valence-corrected chi connectivity index (χ3v) is 3.83. The Morgan fingerprint density at radius 2 is 2.11 bits per heavy atom. The minimum atomic E-state index is -0.372. The first kappa shape index (κ1) is 13.9. The highest BCUT2D eigenvalue weighted by Crippen LogP contribution is 2.26. The molecule has 3 nitrogen and oxygen atoms in total. The number of benzene rings is 1. The number of hydrogen-bond donors (Lipinski definition) is 0. The molecule has 19 heavy (non-hydrogen) atoms. The number of methoxy groups -OCH3 is 1. The molecule has 0 spiro atoms. The van der Waals surface area contributed by atoms with E-state index >= 15 is 0 Å². The molecule has 0 saturated carbocycles. The normalized spacial score (nSPS) is 10.2. The van der Waals surface area contributed by atoms with Crippen LogP contribution in [0.25, 0.3) is 0 Å². The topological polar surface area (TPSA) is 35.5 Å². The van der Waals surface area contributed by atoms with Crippen molar-refractivity contribution in [3.63, 3.8) is 0 Å². The quantitative estimate of drug-likeness (QED) is 0.787. The maximum Gasteiger partial charge on any atom is 0.351 e. The number of carbonyl (C=O) groups excluding carboxylic acids is 1. The molecule has 0 bridgehead atoms. The first-order valence-electron chi connectivity index (χ1n) is 5.74. The van der Waals surface area contributed by atoms with E-state index in [1.54, 1.807) is 11.4 Å². The predicted molar refractivity (Wildman–Crippen MR) is 76.3 cm³/mol. The Labute approximate surface area is 120 Å². The summed E-state index contributed by atoms with van der Waals surface area (Å²) in [5.41, 5.74) is 1.03. The summed E-state index contributed by atoms with van der Waals surface area (Å²) in [5, 5.41) is 2.53. The van der Waals surface area contributed by atoms with Crippen LogP contribution in [-0.4, -0.2) is 19.7 Å². The average Bonchev–Trinajstić information content (AvgIpc) is 2.88. The Morgan fingerprint density at radius 1 is 1.32 bits per heavy atom. The van der Waals surface area contributed by atoms with Crippen LogP contribution in [0.15, 0.2) is 35.7 Å². The summed E-state index contributed by atoms with van der Waals surface area (Å²) in [6, 6.07) is 9.40. The molecule has 1 heterocycles. The molecule has 100 valence electrons. The predicted octanol–water partition coefficient (Wildman–Crippen LogP) is 3.81. The van der Waals surface area contributed by atoms with Gasteiger partial charge in [0.25, 0.3) is 0 Å². The lowest BCUT2D eigenvalue weighted by atomic mass is 10.2. The van der Waals surface area contributed by atoms with Crippen molar-refractivity contribution in [2.24, 2.45) is 0 Å². The van der Waals surface area contributed by atoms with E-state index < -0.39 is 0 Å². The zero-order valence-corrected chi connectivity index (χ0v) is 12.0. The second kappa shape index (κ2) is 6.59. The van der Waals surface area contributed by atoms with Gasteiger partial charge in [-0.1, -0.05) is 29.8 Å². The molecule has 0 aliphatic carbocycles. The van der Waals surface area contributed by atoms with Crippen molar-refractivity contribution in [2.75, 3.05) is 13.7 Å². The van der Waals surface area contributed by atoms with E-state index in [-0.39, 0.29) is 5.97 Å². The molecule has 5 heteroatoms. The SMILES string of the molecule is COC(=O)c1sccc1OCCc1ccccc1Cl. The monoisotopic (exact) mass is 296 g/mol. The van der Waals surface area contributed by atoms with Crippen LogP contribution >= 0.6 is 22.9 Å². The van der Waals surface area contributed by atoms with Gasteiger partial charge in [-0.3, -0.25) is 0 Å². The van der Waals surface area contributed by atoms with Gasteiger partial charge < -0.3 is 9.47 Å². The maximum absolute atomic E-state index is 11.5. The molecule has 0 atom stereocenters. The van der Waals surface area contributed by atoms with Crippen LogP contribution in [0.4, 0.5) is 0 Å². The second-order valence-corrected chi connectivity index (χ2v) is 5.12. The highest BCUT2D eigenvalue weighted by molar-refractivity contribution is 7.12. The van der Waals surface area contributed by atoms with Crippen LogP contribution in [0.2, 0.25) is 5.02 Å². The third kappa shape index (κ3) is 3.49. The van der Waals surface area contributed by atoms with Gasteiger partial charge in [0.1, 0.15) is 5.75 Å². The fraction of sp³-hybridized carbons (Fsp3) is 0.214. The minimum absolute atomic E-state index is 0.372. The van der Waals surface area contributed by atoms with Gasteiger partial charge in [0.05, 0.1) is 13.7 Å². The molecule has 0 radical (unpaired) electrons. The van der Waals surface area contributed by atoms with Gasteiger partial charge in [0.15, 0.2) is 4.88 Å². The van der Waals surface area contributed by atoms with E-state index in [4.69, 9.17) is 16.3 Å². The molecule has 0 unspecified atom stereocenters. The molecule has 1 aromatic carbocycles. The van der Waals surface area contributed by atoms with Crippen LogP contribution in [0.5, 0.6) is 5.75 Å². The van der Waals surface area contributed by atoms with Crippen LogP contribution in [0.3, 0.4) is 0 Å². The zero-order valence-electron chi connectivity index (χ0n) is 10.4. The van der Waals surface area contributed by atoms with E-state index in [1.807, 2.05) is 24.3 Å². The van der Waals surface area contributed by atoms with Crippen LogP contribution in [0.1, 0.15) is 15.2 Å². The lowest BCUT2D eigenvalue weighted by Gasteiger charge is -2.07. The van der Waals surface area contributed by atoms with E-state index in [1.165, 1.54) is 18.4 Å². The molecule has 0 saturated heterocycles. The second-order valence-electron chi connectivity index (χ2n) is 3.80. The van der Waals surface area contributed by atoms with Gasteiger partial charge in [0.2, 0.25) is 0 Å². The molecule has 0 aliphatic heterocycles. The smallest absolute Gasteiger partial charge is 0.351 e. The number of carbonyl (C=O) groups is 1. The summed E-state index contributed by atoms with van der Waals surface area (Å²) in [6.07, 6.45) is 0.691. The largest absolute Gasteiger partial charge is 0.491 e. The van der Waals surface area contributed by atoms with E-state index in [0.717, 1.165) is 10.6 Å². The molecule has 0 fully saturated rings. The van der Waals surface area contributed by atoms with Crippen molar-refractivity contribution >= 4 is 28.9 Å². The fourth-order valence-corrected chi connectivity index (χ4v) is 2.61. The van der Waals surface area contributed by atoms with E-state index in [9.17, 15) is 4.79 Å². The van der Waals surface area contributed by atoms with Gasteiger partial charge in [-0.05, 0) is 23.1 Å². The van der Waals surface area contributed by atoms with Crippen molar-refractivity contribution in [3.8, 4) is 5.75 Å². The standard InChI is InChI=1S/C14H13ClO3S/c1-17-14(16)13-12(7-9-19-13)18-8-6-10-4-2-3-5-11(10)15/h2-5,7,9H,6,8H2,1H3. The number of thiophene rings is 1. The number of hydrogen-bond acceptors (Lipinski definition) is 4. The summed E-state index contributed by atoms with van der Waals surface area (Å²) in [4.78, 5) is 12.0. The van der Waals surface area contributed by atoms with Crippen molar-refractivity contribution < 1.29 is 14.3 Å². The number of rotatable bonds is 5. The van der Waals surface area contributed by atoms with Gasteiger partial charge in [0, 0.05) is 11.4 Å². The van der Waals surface area contributed by atoms with Crippen molar-refractivity contribution in [2.45, 2.75) is 6.42 Å². The maximum atomic E-state index is 11.5. The average molecular weight is 297 g/mol. The Balaban J connectivity index is 1.95. The van der Waals surface area contributed by atoms with Gasteiger partial charge in [-0.2, -0.15) is 0 Å². The summed E-state index contributed by atoms with van der Waals surface area (Å²) in [6.45, 7) is 0.463. The van der Waals surface area contributed by atoms with Crippen LogP contribution in [0, 0.1) is 0 Å². The summed E-state index contributed by atoms with van der Waals surface area (Å²) >= 11 is 7.37. The lowest BCUT2D eigenvalue weighted by Crippen LogP contribution is -2.05. The van der Waals surface area contributed by atoms with Crippen molar-refractivity contribution in [1.82, 2.24) is 0 Å². The molecule has 2 aromatic rings. The lowest BCUT2D eigenvalue weighted by molar-refractivity contribution is 0.0602. The Hall–Kier alpha value is -1.52. The fourth-order valence-electron chi connectivity index (χ4n) is 1.62. The van der Waals surface area contributed by atoms with Gasteiger partial charge in [-0.25, -0.2) is 4.79 Å². The van der Waals surface area contributed by atoms with Crippen LogP contribution in [-0.2, 0) is 11.2 Å². The molecular weight excluding hydrogens is 284 g/mol. The van der Waals surface area contributed by atoms with Crippen molar-refractivity contribution in [3.05, 3.63) is 51.2 Å². The highest BCUT2D eigenvalue weighted by atomic mass is 35.5. The number of halogens is 1. The molecular formula is C14H13ClO3S. The first-order valence-corrected chi connectivity index (χ1v) is 7.00. The van der Waals surface area contributed by atoms with Gasteiger partial charge >= 0.3 is 5.97 Å². The molecule has 2 rings (SSSR count). The Morgan fingerprint density at radius 3 is 2.84 bits per heavy atom. The number of esters is 1. The van der Waals surface area contributed by atoms with Crippen LogP contribution < -0.4 is 4.74 Å². The number of ether oxygens (including phenoxy) is 2. The first-order chi connectivity index (χ1) is 9.22. The summed E-state index contributed by atoms with van der Waals surface area (Å²) < 4.78 is 10.3. The van der Waals surface area contributed by atoms with Gasteiger partial charge in [-0.15, -0.1) is 11.3 Å². The van der Waals surface area contributed by atoms with E-state index in [2.05, 4.69) is 4.74 Å². The minimum Gasteiger partial charge on any atom is -0.491 e. The third-order valence-electron chi connectivity index (χ3n) is 2.59.